The first kappa shape index (κ1) is 14.6. The zero-order valence-electron chi connectivity index (χ0n) is 11.8. The smallest absolute Gasteiger partial charge is 0.335 e. The van der Waals surface area contributed by atoms with Gasteiger partial charge in [-0.3, -0.25) is 4.79 Å². The average molecular weight is 309 g/mol. The van der Waals surface area contributed by atoms with Crippen molar-refractivity contribution >= 4 is 5.91 Å². The van der Waals surface area contributed by atoms with Crippen molar-refractivity contribution in [2.75, 3.05) is 0 Å². The Morgan fingerprint density at radius 1 is 1.10 bits per heavy atom. The van der Waals surface area contributed by atoms with Crippen LogP contribution in [0.3, 0.4) is 0 Å². The molecule has 5 heteroatoms. The lowest BCUT2D eigenvalue weighted by Crippen LogP contribution is -3.00. The van der Waals surface area contributed by atoms with Gasteiger partial charge in [0.1, 0.15) is 6.26 Å². The SMILES string of the molecule is O=C(NC12CC3CC(CC(C3)C1)C2)c1ccc(=O)oc1.[Cl-]. The Bertz CT molecular complexity index is 554. The first-order chi connectivity index (χ1) is 9.62. The standard InChI is InChI=1S/C16H19NO3.ClH/c18-14-2-1-13(9-20-14)15(19)17-16-6-10-3-11(7-16)5-12(4-10)8-16;/h1-2,9-12H,3-8H2,(H,17,19);1H/p-1. The number of carbonyl (C=O) groups is 1. The number of hydrogen-bond donors (Lipinski definition) is 1. The van der Waals surface area contributed by atoms with Gasteiger partial charge in [-0.05, 0) is 62.3 Å². The third-order valence-electron chi connectivity index (χ3n) is 5.38. The molecule has 0 aliphatic heterocycles. The van der Waals surface area contributed by atoms with Crippen LogP contribution in [0.1, 0.15) is 48.9 Å². The molecular formula is C16H19ClNO3-. The Balaban J connectivity index is 0.00000132. The molecule has 0 radical (unpaired) electrons. The van der Waals surface area contributed by atoms with Crippen molar-refractivity contribution in [3.05, 3.63) is 34.4 Å². The summed E-state index contributed by atoms with van der Waals surface area (Å²) in [5.74, 6) is 2.30. The average Bonchev–Trinajstić information content (AvgIpc) is 2.37. The quantitative estimate of drug-likeness (QED) is 0.789. The van der Waals surface area contributed by atoms with Crippen LogP contribution in [0.5, 0.6) is 0 Å². The van der Waals surface area contributed by atoms with Crippen molar-refractivity contribution in [2.24, 2.45) is 17.8 Å². The highest BCUT2D eigenvalue weighted by Gasteiger charge is 2.51. The van der Waals surface area contributed by atoms with Crippen LogP contribution in [-0.4, -0.2) is 11.4 Å². The second-order valence-corrected chi connectivity index (χ2v) is 7.00. The highest BCUT2D eigenvalue weighted by molar-refractivity contribution is 5.94. The van der Waals surface area contributed by atoms with Crippen LogP contribution in [0.2, 0.25) is 0 Å². The van der Waals surface area contributed by atoms with Crippen LogP contribution in [0, 0.1) is 17.8 Å². The molecule has 1 aromatic heterocycles. The number of rotatable bonds is 2. The molecule has 0 aromatic carbocycles. The molecule has 1 aromatic rings. The molecule has 4 bridgehead atoms. The molecule has 5 rings (SSSR count). The van der Waals surface area contributed by atoms with Gasteiger partial charge >= 0.3 is 5.63 Å². The first-order valence-corrected chi connectivity index (χ1v) is 7.53. The largest absolute Gasteiger partial charge is 1.00 e. The Morgan fingerprint density at radius 2 is 1.67 bits per heavy atom. The van der Waals surface area contributed by atoms with Gasteiger partial charge < -0.3 is 22.1 Å². The highest BCUT2D eigenvalue weighted by atomic mass is 35.5. The van der Waals surface area contributed by atoms with Gasteiger partial charge in [0.05, 0.1) is 5.56 Å². The van der Waals surface area contributed by atoms with Gasteiger partial charge in [-0.25, -0.2) is 4.79 Å². The van der Waals surface area contributed by atoms with Crippen LogP contribution in [-0.2, 0) is 0 Å². The fourth-order valence-electron chi connectivity index (χ4n) is 5.06. The summed E-state index contributed by atoms with van der Waals surface area (Å²) in [4.78, 5) is 23.3. The highest BCUT2D eigenvalue weighted by Crippen LogP contribution is 2.55. The molecular weight excluding hydrogens is 290 g/mol. The molecule has 4 saturated carbocycles. The molecule has 0 unspecified atom stereocenters. The maximum atomic E-state index is 12.4. The van der Waals surface area contributed by atoms with Crippen molar-refractivity contribution in [1.82, 2.24) is 5.32 Å². The van der Waals surface area contributed by atoms with E-state index in [2.05, 4.69) is 5.32 Å². The van der Waals surface area contributed by atoms with E-state index in [4.69, 9.17) is 4.42 Å². The van der Waals surface area contributed by atoms with Gasteiger partial charge in [0.15, 0.2) is 0 Å². The van der Waals surface area contributed by atoms with Crippen molar-refractivity contribution in [1.29, 1.82) is 0 Å². The van der Waals surface area contributed by atoms with Crippen LogP contribution in [0.15, 0.2) is 27.6 Å². The third-order valence-corrected chi connectivity index (χ3v) is 5.38. The Morgan fingerprint density at radius 3 is 2.14 bits per heavy atom. The second-order valence-electron chi connectivity index (χ2n) is 7.00. The van der Waals surface area contributed by atoms with Crippen LogP contribution in [0.4, 0.5) is 0 Å². The number of halogens is 1. The lowest BCUT2D eigenvalue weighted by Gasteiger charge is -2.56. The van der Waals surface area contributed by atoms with Gasteiger partial charge in [0.25, 0.3) is 5.91 Å². The van der Waals surface area contributed by atoms with E-state index in [-0.39, 0.29) is 23.9 Å². The lowest BCUT2D eigenvalue weighted by molar-refractivity contribution is -0.0167. The first-order valence-electron chi connectivity index (χ1n) is 7.53. The van der Waals surface area contributed by atoms with E-state index in [1.54, 1.807) is 6.07 Å². The predicted molar refractivity (Wildman–Crippen MR) is 73.3 cm³/mol. The summed E-state index contributed by atoms with van der Waals surface area (Å²) in [5, 5.41) is 3.26. The summed E-state index contributed by atoms with van der Waals surface area (Å²) in [6.07, 6.45) is 8.71. The minimum absolute atomic E-state index is 0. The van der Waals surface area contributed by atoms with E-state index < -0.39 is 5.63 Å². The minimum Gasteiger partial charge on any atom is -1.00 e. The van der Waals surface area contributed by atoms with Gasteiger partial charge in [0.2, 0.25) is 0 Å². The minimum atomic E-state index is -0.420. The van der Waals surface area contributed by atoms with E-state index in [0.29, 0.717) is 5.56 Å². The zero-order valence-corrected chi connectivity index (χ0v) is 12.6. The Kier molecular flexibility index (Phi) is 3.60. The van der Waals surface area contributed by atoms with E-state index in [1.165, 1.54) is 31.6 Å². The number of carbonyl (C=O) groups excluding carboxylic acids is 1. The summed E-state index contributed by atoms with van der Waals surface area (Å²) in [5.41, 5.74) is 0.0267. The van der Waals surface area contributed by atoms with Crippen LogP contribution >= 0.6 is 0 Å². The van der Waals surface area contributed by atoms with E-state index >= 15 is 0 Å². The van der Waals surface area contributed by atoms with Gasteiger partial charge in [-0.15, -0.1) is 0 Å². The van der Waals surface area contributed by atoms with Crippen molar-refractivity contribution in [3.8, 4) is 0 Å². The normalized spacial score (nSPS) is 36.1. The lowest BCUT2D eigenvalue weighted by atomic mass is 9.53. The van der Waals surface area contributed by atoms with Gasteiger partial charge in [-0.1, -0.05) is 0 Å². The van der Waals surface area contributed by atoms with Crippen LogP contribution < -0.4 is 23.3 Å². The van der Waals surface area contributed by atoms with E-state index in [0.717, 1.165) is 37.0 Å². The van der Waals surface area contributed by atoms with Crippen molar-refractivity contribution in [3.63, 3.8) is 0 Å². The molecule has 1 heterocycles. The summed E-state index contributed by atoms with van der Waals surface area (Å²) >= 11 is 0. The molecule has 0 spiro atoms. The molecule has 0 saturated heterocycles. The summed E-state index contributed by atoms with van der Waals surface area (Å²) in [6, 6.07) is 2.84. The van der Waals surface area contributed by atoms with Gasteiger partial charge in [0, 0.05) is 11.6 Å². The van der Waals surface area contributed by atoms with Crippen molar-refractivity contribution in [2.45, 2.75) is 44.1 Å². The third kappa shape index (κ3) is 2.61. The summed E-state index contributed by atoms with van der Waals surface area (Å²) in [7, 11) is 0. The van der Waals surface area contributed by atoms with E-state index in [1.807, 2.05) is 0 Å². The maximum Gasteiger partial charge on any atom is 0.335 e. The number of hydrogen-bond acceptors (Lipinski definition) is 3. The molecule has 21 heavy (non-hydrogen) atoms. The molecule has 4 aliphatic rings. The zero-order chi connectivity index (χ0) is 13.7. The van der Waals surface area contributed by atoms with E-state index in [9.17, 15) is 9.59 Å². The molecule has 4 nitrogen and oxygen atoms in total. The maximum absolute atomic E-state index is 12.4. The fourth-order valence-corrected chi connectivity index (χ4v) is 5.06. The molecule has 0 atom stereocenters. The Hall–Kier alpha value is -1.29. The molecule has 1 amide bonds. The van der Waals surface area contributed by atoms with Gasteiger partial charge in [-0.2, -0.15) is 0 Å². The monoisotopic (exact) mass is 308 g/mol. The number of nitrogens with one attached hydrogen (secondary N) is 1. The molecule has 1 N–H and O–H groups in total. The number of amides is 1. The molecule has 4 aliphatic carbocycles. The summed E-state index contributed by atoms with van der Waals surface area (Å²) in [6.45, 7) is 0. The topological polar surface area (TPSA) is 59.3 Å². The van der Waals surface area contributed by atoms with Crippen molar-refractivity contribution < 1.29 is 21.6 Å². The second kappa shape index (κ2) is 5.16. The van der Waals surface area contributed by atoms with Crippen LogP contribution in [0.25, 0.3) is 0 Å². The molecule has 4 fully saturated rings. The summed E-state index contributed by atoms with van der Waals surface area (Å²) < 4.78 is 4.78. The molecule has 114 valence electrons. The Labute approximate surface area is 129 Å². The fraction of sp³-hybridized carbons (Fsp3) is 0.625. The predicted octanol–water partition coefficient (Wildman–Crippen LogP) is -0.658.